The average Bonchev–Trinajstić information content (AvgIpc) is 3.72. The van der Waals surface area contributed by atoms with E-state index in [-0.39, 0.29) is 19.3 Å². The molecule has 0 aliphatic rings. The van der Waals surface area contributed by atoms with E-state index in [4.69, 9.17) is 32.3 Å². The van der Waals surface area contributed by atoms with E-state index in [1.807, 2.05) is 0 Å². The molecule has 0 fully saturated rings. The number of allylic oxidation sites excluding steroid dienone is 20. The van der Waals surface area contributed by atoms with Gasteiger partial charge in [0.2, 0.25) is 0 Å². The Morgan fingerprint density at radius 3 is 0.926 bits per heavy atom. The van der Waals surface area contributed by atoms with Crippen molar-refractivity contribution in [2.45, 2.75) is 309 Å². The van der Waals surface area contributed by atoms with Crippen molar-refractivity contribution < 1.29 is 75.8 Å². The molecule has 0 amide bonds. The lowest BCUT2D eigenvalue weighted by molar-refractivity contribution is -0.161. The summed E-state index contributed by atoms with van der Waals surface area (Å²) in [6.45, 7) is 2.46. The molecule has 0 bridgehead atoms. The molecule has 5 atom stereocenters. The van der Waals surface area contributed by atoms with Crippen molar-refractivity contribution in [1.82, 2.24) is 0 Å². The summed E-state index contributed by atoms with van der Waals surface area (Å²) >= 11 is 0. The quantitative estimate of drug-likeness (QED) is 0.0146. The Morgan fingerprint density at radius 2 is 0.568 bits per heavy atom. The molecule has 0 rings (SSSR count). The fourth-order valence-electron chi connectivity index (χ4n) is 9.50. The number of aliphatic hydroxyl groups is 2. The first-order valence-electron chi connectivity index (χ1n) is 36.8. The number of phosphoric acid groups is 2. The third-order valence-corrected chi connectivity index (χ3v) is 17.0. The molecule has 16 nitrogen and oxygen atoms in total. The molecule has 0 aromatic rings. The van der Waals surface area contributed by atoms with Crippen LogP contribution in [0.1, 0.15) is 290 Å². The van der Waals surface area contributed by atoms with Crippen molar-refractivity contribution >= 4 is 33.6 Å². The van der Waals surface area contributed by atoms with Crippen LogP contribution < -0.4 is 0 Å². The third kappa shape index (κ3) is 71.1. The van der Waals surface area contributed by atoms with Gasteiger partial charge in [0.1, 0.15) is 25.4 Å². The number of rotatable bonds is 69. The van der Waals surface area contributed by atoms with Crippen molar-refractivity contribution in [3.05, 3.63) is 122 Å². The highest BCUT2D eigenvalue weighted by atomic mass is 31.2. The summed E-state index contributed by atoms with van der Waals surface area (Å²) in [5.74, 6) is -1.60. The molecule has 546 valence electrons. The fraction of sp³-hybridized carbons (Fsp3) is 0.701. The molecule has 0 spiro atoms. The highest BCUT2D eigenvalue weighted by Crippen LogP contribution is 2.45. The highest BCUT2D eigenvalue weighted by molar-refractivity contribution is 7.47. The SMILES string of the molecule is CC/C=C\C/C=C\C/C=C\C/C=C\C/C=C\CCCCCCCCCC(=O)OCC(COP(=O)(O)OCC(O)COP(=O)(O)OCC(O)COC(=O)CCCCCCCCCCC/C=C\C/C=C\C/C=C\C/C=C\CCCCC)OC(=O)CCCCCCC/C=C\CCCC. The summed E-state index contributed by atoms with van der Waals surface area (Å²) in [4.78, 5) is 58.4. The summed E-state index contributed by atoms with van der Waals surface area (Å²) < 4.78 is 60.9. The molecule has 0 saturated carbocycles. The Morgan fingerprint density at radius 1 is 0.305 bits per heavy atom. The van der Waals surface area contributed by atoms with Crippen molar-refractivity contribution in [1.29, 1.82) is 0 Å². The fourth-order valence-corrected chi connectivity index (χ4v) is 11.1. The number of aliphatic hydroxyl groups excluding tert-OH is 2. The van der Waals surface area contributed by atoms with E-state index in [0.717, 1.165) is 167 Å². The topological polar surface area (TPSA) is 231 Å². The van der Waals surface area contributed by atoms with Gasteiger partial charge in [-0.25, -0.2) is 9.13 Å². The number of carbonyl (C=O) groups is 3. The summed E-state index contributed by atoms with van der Waals surface area (Å²) in [6, 6.07) is 0. The molecule has 0 aliphatic carbocycles. The van der Waals surface area contributed by atoms with E-state index in [1.165, 1.54) is 64.2 Å². The Hall–Kier alpha value is -4.05. The van der Waals surface area contributed by atoms with Gasteiger partial charge in [0.15, 0.2) is 6.10 Å². The zero-order valence-electron chi connectivity index (χ0n) is 59.3. The molecule has 0 saturated heterocycles. The van der Waals surface area contributed by atoms with Gasteiger partial charge < -0.3 is 34.2 Å². The Bertz CT molecular complexity index is 2210. The maximum absolute atomic E-state index is 12.9. The van der Waals surface area contributed by atoms with Crippen LogP contribution in [0, 0.1) is 0 Å². The van der Waals surface area contributed by atoms with Crippen LogP contribution in [0.2, 0.25) is 0 Å². The first kappa shape index (κ1) is 91.0. The van der Waals surface area contributed by atoms with Crippen LogP contribution >= 0.6 is 15.6 Å². The minimum absolute atomic E-state index is 0.0889. The summed E-state index contributed by atoms with van der Waals surface area (Å²) in [5.41, 5.74) is 0. The molecular formula is C77H132O16P2. The molecule has 18 heteroatoms. The lowest BCUT2D eigenvalue weighted by atomic mass is 10.1. The number of ether oxygens (including phenoxy) is 3. The van der Waals surface area contributed by atoms with Gasteiger partial charge in [-0.1, -0.05) is 264 Å². The van der Waals surface area contributed by atoms with E-state index in [0.29, 0.717) is 19.3 Å². The first-order chi connectivity index (χ1) is 46.2. The van der Waals surface area contributed by atoms with Crippen molar-refractivity contribution in [2.24, 2.45) is 0 Å². The van der Waals surface area contributed by atoms with Crippen LogP contribution in [0.25, 0.3) is 0 Å². The Balaban J connectivity index is 4.53. The molecule has 95 heavy (non-hydrogen) atoms. The van der Waals surface area contributed by atoms with Crippen LogP contribution in [0.4, 0.5) is 0 Å². The summed E-state index contributed by atoms with van der Waals surface area (Å²) in [7, 11) is -9.79. The second-order valence-corrected chi connectivity index (χ2v) is 27.3. The van der Waals surface area contributed by atoms with Crippen LogP contribution in [0.3, 0.4) is 0 Å². The molecule has 0 radical (unpaired) electrons. The van der Waals surface area contributed by atoms with Gasteiger partial charge in [-0.05, 0) is 128 Å². The molecule has 0 aromatic carbocycles. The second-order valence-electron chi connectivity index (χ2n) is 24.4. The first-order valence-corrected chi connectivity index (χ1v) is 39.8. The summed E-state index contributed by atoms with van der Waals surface area (Å²) in [6.07, 6.45) is 81.1. The van der Waals surface area contributed by atoms with E-state index < -0.39 is 91.5 Å². The van der Waals surface area contributed by atoms with Gasteiger partial charge >= 0.3 is 33.6 Å². The number of hydrogen-bond acceptors (Lipinski definition) is 14. The van der Waals surface area contributed by atoms with E-state index in [2.05, 4.69) is 142 Å². The molecule has 0 aliphatic heterocycles. The molecule has 0 heterocycles. The maximum Gasteiger partial charge on any atom is 0.472 e. The van der Waals surface area contributed by atoms with Gasteiger partial charge in [-0.3, -0.25) is 32.5 Å². The predicted molar refractivity (Wildman–Crippen MR) is 390 cm³/mol. The van der Waals surface area contributed by atoms with E-state index in [9.17, 15) is 43.5 Å². The Labute approximate surface area is 576 Å². The zero-order chi connectivity index (χ0) is 69.5. The second kappa shape index (κ2) is 69.8. The highest BCUT2D eigenvalue weighted by Gasteiger charge is 2.29. The number of carbonyl (C=O) groups excluding carboxylic acids is 3. The molecular weight excluding hydrogens is 1240 g/mol. The van der Waals surface area contributed by atoms with Crippen molar-refractivity contribution in [3.8, 4) is 0 Å². The van der Waals surface area contributed by atoms with Gasteiger partial charge in [0, 0.05) is 19.3 Å². The number of unbranched alkanes of at least 4 members (excludes halogenated alkanes) is 26. The average molecular weight is 1380 g/mol. The number of hydrogen-bond donors (Lipinski definition) is 4. The normalized spacial score (nSPS) is 14.8. The van der Waals surface area contributed by atoms with Gasteiger partial charge in [-0.2, -0.15) is 0 Å². The maximum atomic E-state index is 12.9. The standard InChI is InChI=1S/C77H132O16P2/c1-4-7-10-13-16-19-22-24-26-28-30-32-34-35-37-39-40-42-44-46-49-51-54-57-60-63-75(80)87-66-72(78)67-89-94(83,84)90-68-73(79)69-91-95(85,86)92-71-74(93-77(82)65-62-59-56-53-48-21-18-15-12-9-6-3)70-88-76(81)64-61-58-55-52-50-47-45-43-41-38-36-33-31-29-27-25-23-20-17-14-11-8-5-2/h8,11,15-20,24-27,30-33,35,37-38,41,72-74,78-79H,4-7,9-10,12-14,21-23,28-29,34,36,39-40,42-71H2,1-3H3,(H,83,84)(H,85,86)/b11-8-,18-15-,19-16-,20-17-,26-24-,27-25-,32-30-,33-31-,37-35-,41-38-. The summed E-state index contributed by atoms with van der Waals surface area (Å²) in [5, 5.41) is 20.6. The van der Waals surface area contributed by atoms with Crippen molar-refractivity contribution in [3.63, 3.8) is 0 Å². The monoisotopic (exact) mass is 1370 g/mol. The van der Waals surface area contributed by atoms with Gasteiger partial charge in [0.25, 0.3) is 0 Å². The molecule has 0 aromatic heterocycles. The Kier molecular flexibility index (Phi) is 66.9. The largest absolute Gasteiger partial charge is 0.472 e. The lowest BCUT2D eigenvalue weighted by Gasteiger charge is -2.21. The van der Waals surface area contributed by atoms with Gasteiger partial charge in [0.05, 0.1) is 26.4 Å². The van der Waals surface area contributed by atoms with Crippen LogP contribution in [-0.4, -0.2) is 95.9 Å². The van der Waals surface area contributed by atoms with Gasteiger partial charge in [-0.15, -0.1) is 0 Å². The zero-order valence-corrected chi connectivity index (χ0v) is 61.1. The lowest BCUT2D eigenvalue weighted by Crippen LogP contribution is -2.30. The van der Waals surface area contributed by atoms with Crippen LogP contribution in [-0.2, 0) is 55.8 Å². The predicted octanol–water partition coefficient (Wildman–Crippen LogP) is 21.0. The smallest absolute Gasteiger partial charge is 0.463 e. The van der Waals surface area contributed by atoms with E-state index >= 15 is 0 Å². The van der Waals surface area contributed by atoms with E-state index in [1.54, 1.807) is 0 Å². The molecule has 4 N–H and O–H groups in total. The third-order valence-electron chi connectivity index (χ3n) is 15.1. The minimum atomic E-state index is -4.93. The number of esters is 3. The number of phosphoric ester groups is 2. The van der Waals surface area contributed by atoms with Crippen LogP contribution in [0.5, 0.6) is 0 Å². The molecule has 5 unspecified atom stereocenters. The van der Waals surface area contributed by atoms with Crippen molar-refractivity contribution in [2.75, 3.05) is 39.6 Å². The minimum Gasteiger partial charge on any atom is -0.463 e. The van der Waals surface area contributed by atoms with Crippen LogP contribution in [0.15, 0.2) is 122 Å².